The largest absolute Gasteiger partial charge is 0.386 e. The Labute approximate surface area is 138 Å². The van der Waals surface area contributed by atoms with E-state index in [9.17, 15) is 14.3 Å². The molecule has 1 saturated heterocycles. The number of pyridine rings is 1. The number of aromatic nitrogens is 2. The molecule has 3 rings (SSSR count). The molecular formula is C16H19FN4O3. The number of hydrogen-bond acceptors (Lipinski definition) is 6. The maximum atomic E-state index is 13.0. The molecular weight excluding hydrogens is 315 g/mol. The van der Waals surface area contributed by atoms with E-state index in [1.807, 2.05) is 4.90 Å². The first-order valence-electron chi connectivity index (χ1n) is 7.76. The van der Waals surface area contributed by atoms with Gasteiger partial charge in [0.2, 0.25) is 0 Å². The molecule has 3 heterocycles. The lowest BCUT2D eigenvalue weighted by Gasteiger charge is -2.39. The lowest BCUT2D eigenvalue weighted by atomic mass is 9.92. The molecule has 0 aromatic carbocycles. The smallest absolute Gasteiger partial charge is 0.273 e. The lowest BCUT2D eigenvalue weighted by Crippen LogP contribution is -2.54. The van der Waals surface area contributed by atoms with Gasteiger partial charge in [-0.2, -0.15) is 0 Å². The molecule has 2 N–H and O–H groups in total. The van der Waals surface area contributed by atoms with Gasteiger partial charge in [-0.3, -0.25) is 4.79 Å². The fraction of sp³-hybridized carbons (Fsp3) is 0.438. The van der Waals surface area contributed by atoms with Gasteiger partial charge in [0.05, 0.1) is 11.8 Å². The Morgan fingerprint density at radius 3 is 3.04 bits per heavy atom. The van der Waals surface area contributed by atoms with E-state index < -0.39 is 17.3 Å². The highest BCUT2D eigenvalue weighted by atomic mass is 19.1. The van der Waals surface area contributed by atoms with Gasteiger partial charge in [-0.15, -0.1) is 0 Å². The third-order valence-corrected chi connectivity index (χ3v) is 4.03. The Balaban J connectivity index is 1.62. The zero-order valence-electron chi connectivity index (χ0n) is 13.3. The van der Waals surface area contributed by atoms with Gasteiger partial charge in [0.1, 0.15) is 17.4 Å². The van der Waals surface area contributed by atoms with Gasteiger partial charge in [-0.05, 0) is 31.9 Å². The molecule has 0 spiro atoms. The van der Waals surface area contributed by atoms with Crippen molar-refractivity contribution in [1.82, 2.24) is 15.5 Å². The fourth-order valence-electron chi connectivity index (χ4n) is 2.82. The number of carbonyl (C=O) groups excluding carboxylic acids is 1. The van der Waals surface area contributed by atoms with Crippen LogP contribution in [0.1, 0.15) is 29.1 Å². The van der Waals surface area contributed by atoms with Crippen LogP contribution in [0.25, 0.3) is 0 Å². The average Bonchev–Trinajstić information content (AvgIpc) is 3.00. The Morgan fingerprint density at radius 2 is 2.38 bits per heavy atom. The van der Waals surface area contributed by atoms with Gasteiger partial charge in [0.15, 0.2) is 5.69 Å². The first-order chi connectivity index (χ1) is 11.5. The predicted molar refractivity (Wildman–Crippen MR) is 84.2 cm³/mol. The second-order valence-electron chi connectivity index (χ2n) is 6.09. The van der Waals surface area contributed by atoms with E-state index in [0.717, 1.165) is 19.2 Å². The summed E-state index contributed by atoms with van der Waals surface area (Å²) in [5.41, 5.74) is -0.896. The van der Waals surface area contributed by atoms with Gasteiger partial charge in [0.25, 0.3) is 5.91 Å². The summed E-state index contributed by atoms with van der Waals surface area (Å²) >= 11 is 0. The molecule has 1 amide bonds. The minimum atomic E-state index is -1.08. The first kappa shape index (κ1) is 16.4. The standard InChI is InChI=1S/C16H19FN4O3/c1-11-7-13(20-24-11)15(22)19-9-16(23)5-2-6-21(10-16)14-4-3-12(17)8-18-14/h3-4,7-8,23H,2,5-6,9-10H2,1H3,(H,19,22). The van der Waals surface area contributed by atoms with Gasteiger partial charge in [0, 0.05) is 25.7 Å². The number of halogens is 1. The van der Waals surface area contributed by atoms with Crippen molar-refractivity contribution in [2.75, 3.05) is 24.5 Å². The van der Waals surface area contributed by atoms with Crippen molar-refractivity contribution in [1.29, 1.82) is 0 Å². The van der Waals surface area contributed by atoms with Crippen LogP contribution in [-0.2, 0) is 0 Å². The second-order valence-corrected chi connectivity index (χ2v) is 6.09. The molecule has 0 bridgehead atoms. The molecule has 0 radical (unpaired) electrons. The van der Waals surface area contributed by atoms with Crippen molar-refractivity contribution >= 4 is 11.7 Å². The van der Waals surface area contributed by atoms with Crippen LogP contribution in [0.5, 0.6) is 0 Å². The third-order valence-electron chi connectivity index (χ3n) is 4.03. The maximum Gasteiger partial charge on any atom is 0.273 e. The predicted octanol–water partition coefficient (Wildman–Crippen LogP) is 1.28. The van der Waals surface area contributed by atoms with E-state index in [4.69, 9.17) is 4.52 Å². The molecule has 1 fully saturated rings. The van der Waals surface area contributed by atoms with Crippen molar-refractivity contribution in [3.05, 3.63) is 41.7 Å². The Kier molecular flexibility index (Phi) is 4.48. The number of anilines is 1. The number of β-amino-alcohol motifs (C(OH)–C–C–N with tert-alkyl or cyclic N) is 1. The topological polar surface area (TPSA) is 91.5 Å². The normalized spacial score (nSPS) is 20.9. The first-order valence-corrected chi connectivity index (χ1v) is 7.76. The zero-order chi connectivity index (χ0) is 17.2. The van der Waals surface area contributed by atoms with Crippen LogP contribution < -0.4 is 10.2 Å². The number of aliphatic hydroxyl groups is 1. The van der Waals surface area contributed by atoms with Crippen molar-refractivity contribution in [2.24, 2.45) is 0 Å². The number of aryl methyl sites for hydroxylation is 1. The van der Waals surface area contributed by atoms with Crippen molar-refractivity contribution < 1.29 is 18.8 Å². The van der Waals surface area contributed by atoms with Gasteiger partial charge in [-0.25, -0.2) is 9.37 Å². The quantitative estimate of drug-likeness (QED) is 0.875. The van der Waals surface area contributed by atoms with Crippen molar-refractivity contribution in [2.45, 2.75) is 25.4 Å². The molecule has 24 heavy (non-hydrogen) atoms. The summed E-state index contributed by atoms with van der Waals surface area (Å²) in [5.74, 6) is 0.358. The summed E-state index contributed by atoms with van der Waals surface area (Å²) in [7, 11) is 0. The van der Waals surface area contributed by atoms with Crippen LogP contribution in [0, 0.1) is 12.7 Å². The molecule has 1 unspecified atom stereocenters. The monoisotopic (exact) mass is 334 g/mol. The molecule has 128 valence electrons. The van der Waals surface area contributed by atoms with E-state index in [1.54, 1.807) is 13.0 Å². The average molecular weight is 334 g/mol. The molecule has 0 saturated carbocycles. The number of carbonyl (C=O) groups is 1. The van der Waals surface area contributed by atoms with Gasteiger partial charge >= 0.3 is 0 Å². The summed E-state index contributed by atoms with van der Waals surface area (Å²) in [4.78, 5) is 17.9. The number of hydrogen-bond donors (Lipinski definition) is 2. The summed E-state index contributed by atoms with van der Waals surface area (Å²) in [6.45, 7) is 2.82. The van der Waals surface area contributed by atoms with E-state index in [-0.39, 0.29) is 12.2 Å². The number of amides is 1. The fourth-order valence-corrected chi connectivity index (χ4v) is 2.82. The molecule has 2 aromatic rings. The van der Waals surface area contributed by atoms with Crippen molar-refractivity contribution in [3.63, 3.8) is 0 Å². The van der Waals surface area contributed by atoms with Crippen LogP contribution in [0.2, 0.25) is 0 Å². The lowest BCUT2D eigenvalue weighted by molar-refractivity contribution is 0.0253. The van der Waals surface area contributed by atoms with E-state index in [1.165, 1.54) is 12.1 Å². The Bertz CT molecular complexity index is 718. The van der Waals surface area contributed by atoms with E-state index in [2.05, 4.69) is 15.5 Å². The van der Waals surface area contributed by atoms with Crippen LogP contribution in [0.15, 0.2) is 28.9 Å². The molecule has 2 aromatic heterocycles. The number of nitrogens with zero attached hydrogens (tertiary/aromatic N) is 3. The highest BCUT2D eigenvalue weighted by molar-refractivity contribution is 5.92. The summed E-state index contributed by atoms with van der Waals surface area (Å²) in [6.07, 6.45) is 2.45. The van der Waals surface area contributed by atoms with Crippen molar-refractivity contribution in [3.8, 4) is 0 Å². The molecule has 8 heteroatoms. The highest BCUT2D eigenvalue weighted by Crippen LogP contribution is 2.24. The maximum absolute atomic E-state index is 13.0. The molecule has 1 atom stereocenters. The minimum Gasteiger partial charge on any atom is -0.386 e. The minimum absolute atomic E-state index is 0.0927. The zero-order valence-corrected chi connectivity index (χ0v) is 13.3. The molecule has 0 aliphatic carbocycles. The Morgan fingerprint density at radius 1 is 1.54 bits per heavy atom. The second kappa shape index (κ2) is 6.56. The van der Waals surface area contributed by atoms with Gasteiger partial charge < -0.3 is 19.8 Å². The SMILES string of the molecule is Cc1cc(C(=O)NCC2(O)CCCN(c3ccc(F)cn3)C2)no1. The molecule has 1 aliphatic rings. The number of rotatable bonds is 4. The van der Waals surface area contributed by atoms with Crippen LogP contribution in [0.3, 0.4) is 0 Å². The summed E-state index contributed by atoms with van der Waals surface area (Å²) in [5, 5.41) is 17.1. The third kappa shape index (κ3) is 3.70. The van der Waals surface area contributed by atoms with Crippen LogP contribution in [0.4, 0.5) is 10.2 Å². The number of nitrogens with one attached hydrogen (secondary N) is 1. The number of piperidine rings is 1. The van der Waals surface area contributed by atoms with Crippen LogP contribution in [-0.4, -0.2) is 46.4 Å². The summed E-state index contributed by atoms with van der Waals surface area (Å²) < 4.78 is 17.9. The molecule has 7 nitrogen and oxygen atoms in total. The van der Waals surface area contributed by atoms with E-state index >= 15 is 0 Å². The van der Waals surface area contributed by atoms with E-state index in [0.29, 0.717) is 24.5 Å². The Hall–Kier alpha value is -2.48. The summed E-state index contributed by atoms with van der Waals surface area (Å²) in [6, 6.07) is 4.46. The van der Waals surface area contributed by atoms with Crippen LogP contribution >= 0.6 is 0 Å². The molecule has 1 aliphatic heterocycles. The highest BCUT2D eigenvalue weighted by Gasteiger charge is 2.34. The van der Waals surface area contributed by atoms with Gasteiger partial charge in [-0.1, -0.05) is 5.16 Å².